The Kier molecular flexibility index (Phi) is 6.46. The fourth-order valence-electron chi connectivity index (χ4n) is 4.24. The molecule has 2 aromatic heterocycles. The molecule has 0 bridgehead atoms. The molecule has 1 fully saturated rings. The average Bonchev–Trinajstić information content (AvgIpc) is 2.79. The van der Waals surface area contributed by atoms with Crippen molar-refractivity contribution in [3.63, 3.8) is 0 Å². The number of pyridine rings is 2. The quantitative estimate of drug-likeness (QED) is 0.554. The number of nitrogens with zero attached hydrogens (tertiary/aromatic N) is 2. The van der Waals surface area contributed by atoms with Crippen LogP contribution in [0.1, 0.15) is 38.7 Å². The van der Waals surface area contributed by atoms with Gasteiger partial charge in [-0.1, -0.05) is 20.8 Å². The number of ether oxygens (including phenoxy) is 3. The normalized spacial score (nSPS) is 18.7. The molecule has 3 aromatic rings. The summed E-state index contributed by atoms with van der Waals surface area (Å²) in [7, 11) is 3.02. The molecule has 1 N–H and O–H groups in total. The number of methoxy groups -OCH3 is 2. The number of benzene rings is 1. The van der Waals surface area contributed by atoms with Crippen molar-refractivity contribution in [3.8, 4) is 22.8 Å². The van der Waals surface area contributed by atoms with Gasteiger partial charge in [0.05, 0.1) is 32.6 Å². The van der Waals surface area contributed by atoms with Crippen LogP contribution in [0.15, 0.2) is 30.6 Å². The third-order valence-electron chi connectivity index (χ3n) is 6.14. The topological polar surface area (TPSA) is 65.5 Å². The van der Waals surface area contributed by atoms with E-state index < -0.39 is 5.82 Å². The number of anilines is 1. The summed E-state index contributed by atoms with van der Waals surface area (Å²) in [4.78, 5) is 9.18. The van der Waals surface area contributed by atoms with Crippen molar-refractivity contribution in [2.45, 2.75) is 39.2 Å². The predicted molar refractivity (Wildman–Crippen MR) is 124 cm³/mol. The molecule has 1 aliphatic heterocycles. The summed E-state index contributed by atoms with van der Waals surface area (Å²) in [5.41, 5.74) is 1.68. The first kappa shape index (κ1) is 22.3. The minimum atomic E-state index is -0.443. The number of aromatic nitrogens is 2. The second-order valence-corrected chi connectivity index (χ2v) is 8.62. The van der Waals surface area contributed by atoms with Crippen molar-refractivity contribution >= 4 is 16.6 Å². The maximum absolute atomic E-state index is 15.4. The second-order valence-electron chi connectivity index (χ2n) is 8.62. The molecule has 6 nitrogen and oxygen atoms in total. The number of rotatable bonds is 6. The van der Waals surface area contributed by atoms with Crippen LogP contribution in [0.25, 0.3) is 22.0 Å². The van der Waals surface area contributed by atoms with Crippen molar-refractivity contribution in [1.29, 1.82) is 0 Å². The fourth-order valence-corrected chi connectivity index (χ4v) is 4.24. The van der Waals surface area contributed by atoms with E-state index >= 15 is 4.39 Å². The standard InChI is InChI=1S/C25H30FN3O3/c1-14(2)23-20(30-4)10-21(31-5)25(26)24(23)18-8-16-12-28-22(9-17(16)11-27-18)29-19-13-32-7-6-15(19)3/h8-12,14-15,19H,6-7,13H2,1-5H3,(H,28,29)/t15-,19+/m0/s1. The Morgan fingerprint density at radius 2 is 1.78 bits per heavy atom. The van der Waals surface area contributed by atoms with Gasteiger partial charge in [0.1, 0.15) is 11.6 Å². The molecular formula is C25H30FN3O3. The van der Waals surface area contributed by atoms with Crippen LogP contribution in [-0.2, 0) is 4.74 Å². The molecule has 0 radical (unpaired) electrons. The molecule has 4 rings (SSSR count). The highest BCUT2D eigenvalue weighted by Gasteiger charge is 2.25. The Morgan fingerprint density at radius 3 is 2.47 bits per heavy atom. The van der Waals surface area contributed by atoms with Crippen LogP contribution < -0.4 is 14.8 Å². The van der Waals surface area contributed by atoms with E-state index in [1.807, 2.05) is 26.0 Å². The van der Waals surface area contributed by atoms with Crippen LogP contribution in [0.5, 0.6) is 11.5 Å². The minimum Gasteiger partial charge on any atom is -0.496 e. The third kappa shape index (κ3) is 4.21. The van der Waals surface area contributed by atoms with Gasteiger partial charge in [-0.25, -0.2) is 9.37 Å². The summed E-state index contributed by atoms with van der Waals surface area (Å²) in [6.45, 7) is 7.71. The molecule has 7 heteroatoms. The van der Waals surface area contributed by atoms with E-state index in [0.717, 1.165) is 35.2 Å². The maximum atomic E-state index is 15.4. The highest BCUT2D eigenvalue weighted by Crippen LogP contribution is 2.42. The molecule has 0 spiro atoms. The summed E-state index contributed by atoms with van der Waals surface area (Å²) in [6.07, 6.45) is 4.58. The van der Waals surface area contributed by atoms with Crippen LogP contribution in [0, 0.1) is 11.7 Å². The zero-order valence-corrected chi connectivity index (χ0v) is 19.2. The monoisotopic (exact) mass is 439 g/mol. The lowest BCUT2D eigenvalue weighted by Gasteiger charge is -2.30. The Labute approximate surface area is 188 Å². The lowest BCUT2D eigenvalue weighted by molar-refractivity contribution is 0.0607. The summed E-state index contributed by atoms with van der Waals surface area (Å²) >= 11 is 0. The van der Waals surface area contributed by atoms with E-state index in [1.54, 1.807) is 25.6 Å². The lowest BCUT2D eigenvalue weighted by Crippen LogP contribution is -2.37. The number of hydrogen-bond acceptors (Lipinski definition) is 6. The van der Waals surface area contributed by atoms with E-state index in [-0.39, 0.29) is 17.7 Å². The van der Waals surface area contributed by atoms with Crippen molar-refractivity contribution < 1.29 is 18.6 Å². The van der Waals surface area contributed by atoms with Crippen molar-refractivity contribution in [2.75, 3.05) is 32.8 Å². The second kappa shape index (κ2) is 9.28. The van der Waals surface area contributed by atoms with Gasteiger partial charge in [0.2, 0.25) is 0 Å². The fraction of sp³-hybridized carbons (Fsp3) is 0.440. The summed E-state index contributed by atoms with van der Waals surface area (Å²) in [5, 5.41) is 5.28. The van der Waals surface area contributed by atoms with Crippen LogP contribution in [-0.4, -0.2) is 43.4 Å². The van der Waals surface area contributed by atoms with Crippen molar-refractivity contribution in [3.05, 3.63) is 42.0 Å². The van der Waals surface area contributed by atoms with E-state index in [9.17, 15) is 0 Å². The predicted octanol–water partition coefficient (Wildman–Crippen LogP) is 5.41. The first-order chi connectivity index (χ1) is 15.4. The van der Waals surface area contributed by atoms with Gasteiger partial charge in [-0.2, -0.15) is 0 Å². The number of halogens is 1. The van der Waals surface area contributed by atoms with Crippen LogP contribution in [0.3, 0.4) is 0 Å². The summed E-state index contributed by atoms with van der Waals surface area (Å²) < 4.78 is 31.8. The Hall–Kier alpha value is -2.93. The van der Waals surface area contributed by atoms with Gasteiger partial charge >= 0.3 is 0 Å². The number of fused-ring (bicyclic) bond motifs is 1. The van der Waals surface area contributed by atoms with E-state index in [1.165, 1.54) is 7.11 Å². The Morgan fingerprint density at radius 1 is 1.06 bits per heavy atom. The van der Waals surface area contributed by atoms with Gasteiger partial charge in [-0.3, -0.25) is 4.98 Å². The van der Waals surface area contributed by atoms with E-state index in [4.69, 9.17) is 14.2 Å². The van der Waals surface area contributed by atoms with Crippen molar-refractivity contribution in [1.82, 2.24) is 9.97 Å². The van der Waals surface area contributed by atoms with Gasteiger partial charge < -0.3 is 19.5 Å². The minimum absolute atomic E-state index is 0.0299. The number of hydrogen-bond donors (Lipinski definition) is 1. The first-order valence-electron chi connectivity index (χ1n) is 11.0. The summed E-state index contributed by atoms with van der Waals surface area (Å²) in [5.74, 6) is 1.60. The van der Waals surface area contributed by atoms with Gasteiger partial charge in [-0.05, 0) is 30.4 Å². The molecular weight excluding hydrogens is 409 g/mol. The van der Waals surface area contributed by atoms with Gasteiger partial charge in [0, 0.05) is 47.0 Å². The highest BCUT2D eigenvalue weighted by atomic mass is 19.1. The SMILES string of the molecule is COc1cc(OC)c(C(C)C)c(-c2cc3cnc(N[C@@H]4COCC[C@@H]4C)cc3cn2)c1F. The molecule has 0 amide bonds. The molecule has 2 atom stereocenters. The zero-order valence-electron chi connectivity index (χ0n) is 19.2. The van der Waals surface area contributed by atoms with Crippen LogP contribution >= 0.6 is 0 Å². The average molecular weight is 440 g/mol. The smallest absolute Gasteiger partial charge is 0.174 e. The third-order valence-corrected chi connectivity index (χ3v) is 6.14. The van der Waals surface area contributed by atoms with Gasteiger partial charge in [-0.15, -0.1) is 0 Å². The lowest BCUT2D eigenvalue weighted by atomic mass is 9.92. The maximum Gasteiger partial charge on any atom is 0.174 e. The molecule has 0 aliphatic carbocycles. The Balaban J connectivity index is 1.74. The largest absolute Gasteiger partial charge is 0.496 e. The first-order valence-corrected chi connectivity index (χ1v) is 11.0. The van der Waals surface area contributed by atoms with Crippen LogP contribution in [0.2, 0.25) is 0 Å². The van der Waals surface area contributed by atoms with E-state index in [2.05, 4.69) is 22.2 Å². The molecule has 1 aliphatic rings. The molecule has 3 heterocycles. The summed E-state index contributed by atoms with van der Waals surface area (Å²) in [6, 6.07) is 5.65. The van der Waals surface area contributed by atoms with E-state index in [0.29, 0.717) is 29.5 Å². The number of nitrogens with one attached hydrogen (secondary N) is 1. The van der Waals surface area contributed by atoms with Gasteiger partial charge in [0.15, 0.2) is 11.6 Å². The molecule has 1 saturated heterocycles. The highest BCUT2D eigenvalue weighted by molar-refractivity contribution is 5.87. The van der Waals surface area contributed by atoms with Gasteiger partial charge in [0.25, 0.3) is 0 Å². The molecule has 170 valence electrons. The molecule has 32 heavy (non-hydrogen) atoms. The molecule has 1 aromatic carbocycles. The molecule has 0 unspecified atom stereocenters. The van der Waals surface area contributed by atoms with Crippen molar-refractivity contribution in [2.24, 2.45) is 5.92 Å². The Bertz CT molecular complexity index is 1120. The van der Waals surface area contributed by atoms with Crippen LogP contribution in [0.4, 0.5) is 10.2 Å². The molecule has 0 saturated carbocycles. The zero-order chi connectivity index (χ0) is 22.8.